The van der Waals surface area contributed by atoms with E-state index in [0.29, 0.717) is 35.6 Å². The van der Waals surface area contributed by atoms with Crippen molar-refractivity contribution in [2.75, 3.05) is 12.4 Å². The maximum absolute atomic E-state index is 5.54. The fourth-order valence-electron chi connectivity index (χ4n) is 4.02. The van der Waals surface area contributed by atoms with E-state index < -0.39 is 0 Å². The monoisotopic (exact) mass is 450 g/mol. The smallest absolute Gasteiger partial charge is 0.227 e. The van der Waals surface area contributed by atoms with Crippen molar-refractivity contribution >= 4 is 17.0 Å². The third kappa shape index (κ3) is 3.81. The van der Waals surface area contributed by atoms with Crippen molar-refractivity contribution in [3.63, 3.8) is 0 Å². The highest BCUT2D eigenvalue weighted by molar-refractivity contribution is 5.85. The topological polar surface area (TPSA) is 114 Å². The largest absolute Gasteiger partial charge is 0.480 e. The zero-order chi connectivity index (χ0) is 22.9. The molecular formula is C25H22N8O. The van der Waals surface area contributed by atoms with Crippen molar-refractivity contribution in [3.05, 3.63) is 72.7 Å². The van der Waals surface area contributed by atoms with E-state index in [1.165, 1.54) is 6.33 Å². The van der Waals surface area contributed by atoms with Crippen molar-refractivity contribution in [2.45, 2.75) is 25.3 Å². The minimum atomic E-state index is 0.389. The van der Waals surface area contributed by atoms with Gasteiger partial charge in [0.1, 0.15) is 17.4 Å². The fraction of sp³-hybridized carbons (Fsp3) is 0.200. The van der Waals surface area contributed by atoms with Crippen LogP contribution in [0.15, 0.2) is 61.4 Å². The average molecular weight is 451 g/mol. The highest BCUT2D eigenvalue weighted by Gasteiger charge is 2.31. The molecule has 0 bridgehead atoms. The first-order chi connectivity index (χ1) is 16.8. The van der Waals surface area contributed by atoms with Crippen molar-refractivity contribution in [3.8, 4) is 28.4 Å². The maximum atomic E-state index is 5.54. The summed E-state index contributed by atoms with van der Waals surface area (Å²) in [6.07, 6.45) is 8.99. The Hall–Kier alpha value is -4.40. The van der Waals surface area contributed by atoms with Gasteiger partial charge in [-0.25, -0.2) is 24.9 Å². The number of H-pyrrole nitrogens is 1. The number of fused-ring (bicyclic) bond motifs is 1. The number of methoxy groups -OCH3 is 1. The Bertz CT molecular complexity index is 1450. The lowest BCUT2D eigenvalue weighted by Gasteiger charge is -2.13. The molecule has 4 aromatic heterocycles. The molecule has 0 amide bonds. The van der Waals surface area contributed by atoms with E-state index in [-0.39, 0.29) is 0 Å². The van der Waals surface area contributed by atoms with Gasteiger partial charge in [0.15, 0.2) is 17.3 Å². The van der Waals surface area contributed by atoms with E-state index in [2.05, 4.69) is 65.6 Å². The van der Waals surface area contributed by atoms with E-state index in [1.54, 1.807) is 19.6 Å². The van der Waals surface area contributed by atoms with Gasteiger partial charge in [-0.2, -0.15) is 0 Å². The van der Waals surface area contributed by atoms with E-state index in [0.717, 1.165) is 46.3 Å². The zero-order valence-electron chi connectivity index (χ0n) is 18.6. The molecule has 4 heterocycles. The van der Waals surface area contributed by atoms with Gasteiger partial charge in [-0.1, -0.05) is 30.3 Å². The number of hydrogen-bond acceptors (Lipinski definition) is 8. The summed E-state index contributed by atoms with van der Waals surface area (Å²) in [7, 11) is 1.60. The first-order valence-electron chi connectivity index (χ1n) is 11.1. The van der Waals surface area contributed by atoms with Gasteiger partial charge in [-0.3, -0.25) is 4.98 Å². The molecule has 0 spiro atoms. The van der Waals surface area contributed by atoms with Crippen LogP contribution in [0.2, 0.25) is 0 Å². The summed E-state index contributed by atoms with van der Waals surface area (Å²) in [5, 5.41) is 3.44. The van der Waals surface area contributed by atoms with Gasteiger partial charge >= 0.3 is 0 Å². The van der Waals surface area contributed by atoms with Crippen LogP contribution in [0.25, 0.3) is 33.7 Å². The van der Waals surface area contributed by atoms with Crippen molar-refractivity contribution in [1.29, 1.82) is 0 Å². The number of nitrogens with zero attached hydrogens (tertiary/aromatic N) is 6. The summed E-state index contributed by atoms with van der Waals surface area (Å²) in [6.45, 7) is 0.593. The van der Waals surface area contributed by atoms with Crippen LogP contribution in [-0.4, -0.2) is 42.0 Å². The van der Waals surface area contributed by atoms with Crippen molar-refractivity contribution in [1.82, 2.24) is 34.9 Å². The number of ether oxygens (including phenoxy) is 1. The Morgan fingerprint density at radius 1 is 1.03 bits per heavy atom. The molecule has 0 saturated heterocycles. The maximum Gasteiger partial charge on any atom is 0.227 e. The quantitative estimate of drug-likeness (QED) is 0.376. The number of rotatable bonds is 7. The molecule has 0 aliphatic heterocycles. The van der Waals surface area contributed by atoms with Crippen LogP contribution < -0.4 is 10.1 Å². The first kappa shape index (κ1) is 20.2. The molecule has 168 valence electrons. The van der Waals surface area contributed by atoms with Gasteiger partial charge in [0.25, 0.3) is 0 Å². The van der Waals surface area contributed by atoms with Crippen molar-refractivity contribution < 1.29 is 4.74 Å². The Morgan fingerprint density at radius 3 is 2.68 bits per heavy atom. The first-order valence-corrected chi connectivity index (χ1v) is 11.1. The Labute approximate surface area is 195 Å². The van der Waals surface area contributed by atoms with E-state index >= 15 is 0 Å². The minimum Gasteiger partial charge on any atom is -0.480 e. The van der Waals surface area contributed by atoms with Gasteiger partial charge in [0.05, 0.1) is 19.1 Å². The predicted molar refractivity (Wildman–Crippen MR) is 128 cm³/mol. The second-order valence-corrected chi connectivity index (χ2v) is 8.21. The number of pyridine rings is 1. The Kier molecular flexibility index (Phi) is 5.06. The molecule has 0 radical (unpaired) electrons. The van der Waals surface area contributed by atoms with Crippen LogP contribution in [0.3, 0.4) is 0 Å². The van der Waals surface area contributed by atoms with Crippen molar-refractivity contribution in [2.24, 2.45) is 0 Å². The summed E-state index contributed by atoms with van der Waals surface area (Å²) < 4.78 is 5.54. The number of nitrogens with one attached hydrogen (secondary N) is 2. The molecule has 1 aliphatic carbocycles. The Morgan fingerprint density at radius 2 is 1.91 bits per heavy atom. The van der Waals surface area contributed by atoms with Crippen LogP contribution >= 0.6 is 0 Å². The molecule has 5 aromatic rings. The normalized spacial score (nSPS) is 13.2. The third-order valence-electron chi connectivity index (χ3n) is 5.92. The highest BCUT2D eigenvalue weighted by atomic mass is 16.5. The fourth-order valence-corrected chi connectivity index (χ4v) is 4.02. The van der Waals surface area contributed by atoms with E-state index in [9.17, 15) is 0 Å². The van der Waals surface area contributed by atoms with Crippen LogP contribution in [0.4, 0.5) is 5.82 Å². The summed E-state index contributed by atoms with van der Waals surface area (Å²) in [6, 6.07) is 12.4. The number of imidazole rings is 1. The predicted octanol–water partition coefficient (Wildman–Crippen LogP) is 4.37. The number of anilines is 1. The van der Waals surface area contributed by atoms with Crippen LogP contribution in [0.1, 0.15) is 30.0 Å². The van der Waals surface area contributed by atoms with Gasteiger partial charge in [0.2, 0.25) is 5.88 Å². The highest BCUT2D eigenvalue weighted by Crippen LogP contribution is 2.45. The summed E-state index contributed by atoms with van der Waals surface area (Å²) >= 11 is 0. The van der Waals surface area contributed by atoms with Gasteiger partial charge in [-0.15, -0.1) is 0 Å². The van der Waals surface area contributed by atoms with Gasteiger partial charge in [-0.05, 0) is 35.6 Å². The summed E-state index contributed by atoms with van der Waals surface area (Å²) in [4.78, 5) is 30.1. The SMILES string of the molecule is COc1ncnc(C2CC2)c1-c1nc(NCc2ccc(-c3cccnc3)cc2)c2[nH]cnc2n1. The van der Waals surface area contributed by atoms with Gasteiger partial charge in [0, 0.05) is 24.9 Å². The number of aromatic amines is 1. The lowest BCUT2D eigenvalue weighted by atomic mass is 10.1. The molecular weight excluding hydrogens is 428 g/mol. The molecule has 2 N–H and O–H groups in total. The van der Waals surface area contributed by atoms with Gasteiger partial charge < -0.3 is 15.0 Å². The van der Waals surface area contributed by atoms with Crippen LogP contribution in [0, 0.1) is 0 Å². The summed E-state index contributed by atoms with van der Waals surface area (Å²) in [5.74, 6) is 2.04. The molecule has 0 unspecified atom stereocenters. The molecule has 34 heavy (non-hydrogen) atoms. The number of hydrogen-bond donors (Lipinski definition) is 2. The average Bonchev–Trinajstić information content (AvgIpc) is 3.64. The molecule has 6 rings (SSSR count). The molecule has 1 aliphatic rings. The van der Waals surface area contributed by atoms with Crippen LogP contribution in [0.5, 0.6) is 5.88 Å². The second-order valence-electron chi connectivity index (χ2n) is 8.21. The summed E-state index contributed by atoms with van der Waals surface area (Å²) in [5.41, 5.74) is 6.33. The molecule has 0 atom stereocenters. The standard InChI is InChI=1S/C25H22N8O/c1-34-25-19(20(17-8-9-17)28-14-31-25)22-32-23(21-24(33-22)30-13-29-21)27-11-15-4-6-16(7-5-15)18-3-2-10-26-12-18/h2-7,10,12-14,17H,8-9,11H2,1H3,(H2,27,29,30,32,33). The molecule has 9 nitrogen and oxygen atoms in total. The molecule has 9 heteroatoms. The third-order valence-corrected chi connectivity index (χ3v) is 5.92. The van der Waals surface area contributed by atoms with E-state index in [1.807, 2.05) is 12.3 Å². The number of benzene rings is 1. The lowest BCUT2D eigenvalue weighted by Crippen LogP contribution is -2.06. The zero-order valence-corrected chi connectivity index (χ0v) is 18.6. The lowest BCUT2D eigenvalue weighted by molar-refractivity contribution is 0.397. The van der Waals surface area contributed by atoms with E-state index in [4.69, 9.17) is 9.72 Å². The molecule has 1 fully saturated rings. The second kappa shape index (κ2) is 8.51. The van der Waals surface area contributed by atoms with Crippen LogP contribution in [-0.2, 0) is 6.54 Å². The minimum absolute atomic E-state index is 0.389. The molecule has 1 saturated carbocycles. The molecule has 1 aromatic carbocycles. The number of aromatic nitrogens is 7. The Balaban J connectivity index is 1.32.